The summed E-state index contributed by atoms with van der Waals surface area (Å²) in [5.41, 5.74) is 3.19. The summed E-state index contributed by atoms with van der Waals surface area (Å²) >= 11 is 0. The Kier molecular flexibility index (Phi) is 10.9. The van der Waals surface area contributed by atoms with Crippen LogP contribution in [0.4, 0.5) is 0 Å². The SMILES string of the molecule is CC(C)P(C(C)C)N(C)CCCN(C)P(C(C)C)C(C)C. The van der Waals surface area contributed by atoms with Crippen molar-refractivity contribution in [3.8, 4) is 0 Å². The highest BCUT2D eigenvalue weighted by Crippen LogP contribution is 2.50. The molecular formula is C17H40N2P2. The number of hydrogen-bond donors (Lipinski definition) is 0. The topological polar surface area (TPSA) is 6.48 Å². The minimum absolute atomic E-state index is 0.00913. The van der Waals surface area contributed by atoms with E-state index in [1.807, 2.05) is 0 Å². The van der Waals surface area contributed by atoms with Crippen LogP contribution >= 0.6 is 16.1 Å². The molecule has 0 aliphatic heterocycles. The third kappa shape index (κ3) is 7.74. The fraction of sp³-hybridized carbons (Fsp3) is 1.00. The van der Waals surface area contributed by atoms with Gasteiger partial charge in [0.05, 0.1) is 0 Å². The Morgan fingerprint density at radius 3 is 1.00 bits per heavy atom. The fourth-order valence-corrected chi connectivity index (χ4v) is 9.81. The number of rotatable bonds is 10. The molecule has 0 spiro atoms. The number of hydrogen-bond acceptors (Lipinski definition) is 2. The average Bonchev–Trinajstić information content (AvgIpc) is 2.26. The molecule has 0 N–H and O–H groups in total. The van der Waals surface area contributed by atoms with E-state index in [0.29, 0.717) is 0 Å². The summed E-state index contributed by atoms with van der Waals surface area (Å²) in [5, 5.41) is 0. The summed E-state index contributed by atoms with van der Waals surface area (Å²) in [4.78, 5) is 0. The third-order valence-corrected chi connectivity index (χ3v) is 10.1. The molecule has 0 atom stereocenters. The minimum Gasteiger partial charge on any atom is -0.285 e. The van der Waals surface area contributed by atoms with E-state index in [4.69, 9.17) is 0 Å². The van der Waals surface area contributed by atoms with Crippen LogP contribution < -0.4 is 0 Å². The highest BCUT2D eigenvalue weighted by molar-refractivity contribution is 7.56. The molecule has 0 aromatic carbocycles. The van der Waals surface area contributed by atoms with E-state index in [-0.39, 0.29) is 16.1 Å². The molecule has 0 saturated carbocycles. The molecule has 0 aromatic rings. The molecule has 0 amide bonds. The average molecular weight is 334 g/mol. The first kappa shape index (κ1) is 21.8. The smallest absolute Gasteiger partial charge is 0.00303 e. The Labute approximate surface area is 137 Å². The van der Waals surface area contributed by atoms with Gasteiger partial charge in [0.25, 0.3) is 0 Å². The van der Waals surface area contributed by atoms with Crippen LogP contribution in [0.3, 0.4) is 0 Å². The van der Waals surface area contributed by atoms with Crippen molar-refractivity contribution in [2.45, 2.75) is 84.4 Å². The molecule has 0 aliphatic rings. The molecular weight excluding hydrogens is 294 g/mol. The zero-order valence-corrected chi connectivity index (χ0v) is 18.0. The molecule has 0 heterocycles. The fourth-order valence-electron chi connectivity index (χ4n) is 3.53. The Morgan fingerprint density at radius 1 is 0.571 bits per heavy atom. The van der Waals surface area contributed by atoms with Gasteiger partial charge < -0.3 is 0 Å². The summed E-state index contributed by atoms with van der Waals surface area (Å²) in [6.45, 7) is 21.5. The minimum atomic E-state index is 0.00913. The van der Waals surface area contributed by atoms with Crippen molar-refractivity contribution in [3.63, 3.8) is 0 Å². The lowest BCUT2D eigenvalue weighted by Crippen LogP contribution is -2.27. The van der Waals surface area contributed by atoms with Gasteiger partial charge in [-0.15, -0.1) is 0 Å². The lowest BCUT2D eigenvalue weighted by Gasteiger charge is -2.37. The Bertz CT molecular complexity index is 226. The predicted molar refractivity (Wildman–Crippen MR) is 104 cm³/mol. The van der Waals surface area contributed by atoms with Crippen LogP contribution in [0.25, 0.3) is 0 Å². The van der Waals surface area contributed by atoms with Gasteiger partial charge in [-0.1, -0.05) is 55.4 Å². The Balaban J connectivity index is 4.35. The third-order valence-electron chi connectivity index (χ3n) is 3.87. The van der Waals surface area contributed by atoms with E-state index in [0.717, 1.165) is 22.6 Å². The van der Waals surface area contributed by atoms with Crippen LogP contribution in [0.2, 0.25) is 0 Å². The van der Waals surface area contributed by atoms with Gasteiger partial charge in [-0.2, -0.15) is 0 Å². The first-order valence-electron chi connectivity index (χ1n) is 8.58. The maximum Gasteiger partial charge on any atom is 0.00303 e. The molecule has 0 rings (SSSR count). The van der Waals surface area contributed by atoms with E-state index >= 15 is 0 Å². The molecule has 21 heavy (non-hydrogen) atoms. The van der Waals surface area contributed by atoms with Crippen molar-refractivity contribution in [3.05, 3.63) is 0 Å². The molecule has 0 unspecified atom stereocenters. The molecule has 0 radical (unpaired) electrons. The summed E-state index contributed by atoms with van der Waals surface area (Å²) in [5.74, 6) is 0. The normalized spacial score (nSPS) is 13.4. The van der Waals surface area contributed by atoms with Gasteiger partial charge in [0, 0.05) is 13.1 Å². The molecule has 4 heteroatoms. The molecule has 0 aromatic heterocycles. The second kappa shape index (κ2) is 10.5. The van der Waals surface area contributed by atoms with Gasteiger partial charge >= 0.3 is 0 Å². The van der Waals surface area contributed by atoms with Crippen molar-refractivity contribution < 1.29 is 0 Å². The standard InChI is InChI=1S/C17H40N2P2/c1-14(2)20(15(3)4)18(9)12-11-13-19(10)21(16(5)6)17(7)8/h14-17H,11-13H2,1-10H3. The van der Waals surface area contributed by atoms with E-state index in [1.165, 1.54) is 19.5 Å². The number of nitrogens with zero attached hydrogens (tertiary/aromatic N) is 2. The van der Waals surface area contributed by atoms with Crippen molar-refractivity contribution >= 4 is 16.1 Å². The van der Waals surface area contributed by atoms with Crippen LogP contribution in [-0.2, 0) is 0 Å². The van der Waals surface area contributed by atoms with Gasteiger partial charge in [0.2, 0.25) is 0 Å². The van der Waals surface area contributed by atoms with Gasteiger partial charge in [-0.25, -0.2) is 0 Å². The summed E-state index contributed by atoms with van der Waals surface area (Å²) in [6.07, 6.45) is 1.30. The van der Waals surface area contributed by atoms with Crippen molar-refractivity contribution in [1.29, 1.82) is 0 Å². The van der Waals surface area contributed by atoms with E-state index < -0.39 is 0 Å². The summed E-state index contributed by atoms with van der Waals surface area (Å²) < 4.78 is 5.29. The first-order chi connectivity index (χ1) is 9.59. The highest BCUT2D eigenvalue weighted by Gasteiger charge is 2.23. The van der Waals surface area contributed by atoms with Gasteiger partial charge in [-0.3, -0.25) is 9.34 Å². The van der Waals surface area contributed by atoms with Gasteiger partial charge in [-0.05, 0) is 59.3 Å². The van der Waals surface area contributed by atoms with Crippen LogP contribution in [0.1, 0.15) is 61.8 Å². The monoisotopic (exact) mass is 334 g/mol. The lowest BCUT2D eigenvalue weighted by molar-refractivity contribution is 0.451. The maximum absolute atomic E-state index is 2.64. The van der Waals surface area contributed by atoms with Crippen LogP contribution in [0, 0.1) is 0 Å². The second-order valence-electron chi connectivity index (χ2n) is 7.25. The zero-order valence-electron chi connectivity index (χ0n) is 16.2. The van der Waals surface area contributed by atoms with Crippen LogP contribution in [0.5, 0.6) is 0 Å². The first-order valence-corrected chi connectivity index (χ1v) is 11.4. The Hall–Kier alpha value is 0.780. The zero-order chi connectivity index (χ0) is 16.7. The molecule has 0 bridgehead atoms. The second-order valence-corrected chi connectivity index (χ2v) is 14.3. The van der Waals surface area contributed by atoms with Crippen molar-refractivity contribution in [2.24, 2.45) is 0 Å². The van der Waals surface area contributed by atoms with Crippen LogP contribution in [-0.4, -0.2) is 59.2 Å². The van der Waals surface area contributed by atoms with Crippen molar-refractivity contribution in [2.75, 3.05) is 27.2 Å². The maximum atomic E-state index is 2.64. The molecule has 0 fully saturated rings. The molecule has 0 aliphatic carbocycles. The van der Waals surface area contributed by atoms with E-state index in [1.54, 1.807) is 0 Å². The largest absolute Gasteiger partial charge is 0.285 e. The molecule has 0 saturated heterocycles. The summed E-state index contributed by atoms with van der Waals surface area (Å²) in [7, 11) is 4.68. The van der Waals surface area contributed by atoms with E-state index in [2.05, 4.69) is 78.8 Å². The summed E-state index contributed by atoms with van der Waals surface area (Å²) in [6, 6.07) is 0. The molecule has 2 nitrogen and oxygen atoms in total. The highest BCUT2D eigenvalue weighted by atomic mass is 31.1. The van der Waals surface area contributed by atoms with Crippen molar-refractivity contribution in [1.82, 2.24) is 9.34 Å². The Morgan fingerprint density at radius 2 is 0.810 bits per heavy atom. The molecule has 128 valence electrons. The van der Waals surface area contributed by atoms with Gasteiger partial charge in [0.1, 0.15) is 0 Å². The van der Waals surface area contributed by atoms with Gasteiger partial charge in [0.15, 0.2) is 0 Å². The predicted octanol–water partition coefficient (Wildman–Crippen LogP) is 5.67. The van der Waals surface area contributed by atoms with Crippen LogP contribution in [0.15, 0.2) is 0 Å². The lowest BCUT2D eigenvalue weighted by atomic mass is 10.4. The quantitative estimate of drug-likeness (QED) is 0.475. The van der Waals surface area contributed by atoms with E-state index in [9.17, 15) is 0 Å².